The van der Waals surface area contributed by atoms with E-state index in [4.69, 9.17) is 4.42 Å². The van der Waals surface area contributed by atoms with Crippen LogP contribution in [0.2, 0.25) is 0 Å². The first kappa shape index (κ1) is 16.6. The van der Waals surface area contributed by atoms with E-state index in [1.807, 2.05) is 18.7 Å². The summed E-state index contributed by atoms with van der Waals surface area (Å²) in [5.41, 5.74) is 2.87. The number of nitrogens with zero attached hydrogens (tertiary/aromatic N) is 4. The van der Waals surface area contributed by atoms with Crippen LogP contribution < -0.4 is 5.56 Å². The number of nitrogens with one attached hydrogen (secondary N) is 1. The van der Waals surface area contributed by atoms with E-state index in [2.05, 4.69) is 15.1 Å². The van der Waals surface area contributed by atoms with Crippen molar-refractivity contribution in [1.29, 1.82) is 0 Å². The number of aryl methyl sites for hydroxylation is 2. The lowest BCUT2D eigenvalue weighted by Crippen LogP contribution is -2.39. The number of aromatic amines is 1. The van der Waals surface area contributed by atoms with Gasteiger partial charge in [0, 0.05) is 42.0 Å². The number of rotatable bonds is 3. The van der Waals surface area contributed by atoms with Gasteiger partial charge in [0.05, 0.1) is 12.6 Å². The summed E-state index contributed by atoms with van der Waals surface area (Å²) >= 11 is 0. The molecule has 0 atom stereocenters. The smallest absolute Gasteiger partial charge is 0.266 e. The Morgan fingerprint density at radius 2 is 2.12 bits per heavy atom. The average molecular weight is 355 g/mol. The van der Waals surface area contributed by atoms with Crippen LogP contribution in [0.5, 0.6) is 0 Å². The summed E-state index contributed by atoms with van der Waals surface area (Å²) in [6.45, 7) is 5.16. The monoisotopic (exact) mass is 355 g/mol. The molecule has 4 rings (SSSR count). The molecule has 1 amide bonds. The molecule has 1 N–H and O–H groups in total. The number of amides is 1. The van der Waals surface area contributed by atoms with Crippen molar-refractivity contribution in [2.45, 2.75) is 39.0 Å². The molecule has 3 aromatic heterocycles. The number of likely N-dealkylation sites (tertiary alicyclic amines) is 1. The predicted octanol–water partition coefficient (Wildman–Crippen LogP) is 1.58. The van der Waals surface area contributed by atoms with Crippen LogP contribution in [0.4, 0.5) is 0 Å². The Hall–Kier alpha value is -2.90. The highest BCUT2D eigenvalue weighted by Gasteiger charge is 2.27. The molecule has 1 aliphatic rings. The Morgan fingerprint density at radius 1 is 1.35 bits per heavy atom. The first-order valence-electron chi connectivity index (χ1n) is 8.78. The van der Waals surface area contributed by atoms with Crippen molar-refractivity contribution >= 4 is 11.6 Å². The van der Waals surface area contributed by atoms with Crippen LogP contribution in [0, 0.1) is 13.8 Å². The van der Waals surface area contributed by atoms with Crippen LogP contribution in [0.1, 0.15) is 41.6 Å². The van der Waals surface area contributed by atoms with E-state index >= 15 is 0 Å². The van der Waals surface area contributed by atoms with Gasteiger partial charge in [-0.1, -0.05) is 0 Å². The summed E-state index contributed by atoms with van der Waals surface area (Å²) in [4.78, 5) is 34.9. The molecule has 0 aliphatic carbocycles. The number of oxazole rings is 1. The van der Waals surface area contributed by atoms with E-state index in [-0.39, 0.29) is 23.8 Å². The maximum Gasteiger partial charge on any atom is 0.266 e. The maximum atomic E-state index is 12.8. The molecule has 8 heteroatoms. The zero-order valence-corrected chi connectivity index (χ0v) is 14.9. The highest BCUT2D eigenvalue weighted by molar-refractivity contribution is 5.79. The first-order chi connectivity index (χ1) is 12.5. The Balaban J connectivity index is 1.49. The molecular formula is C18H21N5O3. The highest BCUT2D eigenvalue weighted by atomic mass is 16.3. The van der Waals surface area contributed by atoms with Crippen molar-refractivity contribution in [1.82, 2.24) is 24.5 Å². The third-order valence-electron chi connectivity index (χ3n) is 5.18. The highest BCUT2D eigenvalue weighted by Crippen LogP contribution is 2.27. The molecule has 0 radical (unpaired) electrons. The van der Waals surface area contributed by atoms with Gasteiger partial charge < -0.3 is 9.32 Å². The normalized spacial score (nSPS) is 15.7. The second-order valence-electron chi connectivity index (χ2n) is 6.78. The van der Waals surface area contributed by atoms with Gasteiger partial charge in [0.1, 0.15) is 6.26 Å². The molecule has 26 heavy (non-hydrogen) atoms. The van der Waals surface area contributed by atoms with Gasteiger partial charge >= 0.3 is 0 Å². The minimum absolute atomic E-state index is 0.0812. The average Bonchev–Trinajstić information content (AvgIpc) is 3.28. The molecule has 1 aliphatic heterocycles. The fourth-order valence-corrected chi connectivity index (χ4v) is 3.69. The summed E-state index contributed by atoms with van der Waals surface area (Å²) in [7, 11) is 0. The van der Waals surface area contributed by atoms with Crippen LogP contribution in [-0.4, -0.2) is 43.5 Å². The third-order valence-corrected chi connectivity index (χ3v) is 5.18. The van der Waals surface area contributed by atoms with E-state index in [1.54, 1.807) is 17.0 Å². The molecule has 3 aromatic rings. The summed E-state index contributed by atoms with van der Waals surface area (Å²) in [5.74, 6) is 1.12. The summed E-state index contributed by atoms with van der Waals surface area (Å²) in [5, 5.41) is 2.72. The van der Waals surface area contributed by atoms with Crippen molar-refractivity contribution in [3.8, 4) is 0 Å². The van der Waals surface area contributed by atoms with Crippen LogP contribution in [0.15, 0.2) is 27.7 Å². The van der Waals surface area contributed by atoms with Crippen molar-refractivity contribution in [3.63, 3.8) is 0 Å². The van der Waals surface area contributed by atoms with Gasteiger partial charge in [0.15, 0.2) is 11.5 Å². The molecule has 0 saturated carbocycles. The molecule has 8 nitrogen and oxygen atoms in total. The number of carbonyl (C=O) groups excluding carboxylic acids is 1. The minimum Gasteiger partial charge on any atom is -0.449 e. The molecule has 0 bridgehead atoms. The van der Waals surface area contributed by atoms with Gasteiger partial charge in [-0.3, -0.25) is 14.7 Å². The van der Waals surface area contributed by atoms with Crippen molar-refractivity contribution in [2.75, 3.05) is 13.1 Å². The predicted molar refractivity (Wildman–Crippen MR) is 94.0 cm³/mol. The van der Waals surface area contributed by atoms with Crippen LogP contribution in [0.3, 0.4) is 0 Å². The summed E-state index contributed by atoms with van der Waals surface area (Å²) < 4.78 is 7.03. The number of hydrogen-bond donors (Lipinski definition) is 1. The third kappa shape index (κ3) is 2.91. The van der Waals surface area contributed by atoms with Gasteiger partial charge in [-0.05, 0) is 26.7 Å². The van der Waals surface area contributed by atoms with Gasteiger partial charge in [0.2, 0.25) is 5.91 Å². The Kier molecular flexibility index (Phi) is 4.10. The van der Waals surface area contributed by atoms with E-state index < -0.39 is 0 Å². The van der Waals surface area contributed by atoms with E-state index in [0.717, 1.165) is 35.7 Å². The Morgan fingerprint density at radius 3 is 2.81 bits per heavy atom. The number of H-pyrrole nitrogens is 1. The number of carbonyl (C=O) groups is 1. The number of piperidine rings is 1. The number of aromatic nitrogens is 4. The second kappa shape index (κ2) is 6.44. The fourth-order valence-electron chi connectivity index (χ4n) is 3.69. The van der Waals surface area contributed by atoms with Crippen molar-refractivity contribution < 1.29 is 9.21 Å². The molecule has 0 aromatic carbocycles. The molecule has 1 fully saturated rings. The van der Waals surface area contributed by atoms with Gasteiger partial charge in [0.25, 0.3) is 5.56 Å². The molecule has 1 saturated heterocycles. The minimum atomic E-state index is -0.197. The molecular weight excluding hydrogens is 334 g/mol. The van der Waals surface area contributed by atoms with Gasteiger partial charge in [-0.15, -0.1) is 0 Å². The Labute approximate surface area is 149 Å². The van der Waals surface area contributed by atoms with Crippen molar-refractivity contribution in [2.24, 2.45) is 0 Å². The van der Waals surface area contributed by atoms with Gasteiger partial charge in [-0.25, -0.2) is 14.5 Å². The zero-order chi connectivity index (χ0) is 18.3. The largest absolute Gasteiger partial charge is 0.449 e. The molecule has 136 valence electrons. The maximum absolute atomic E-state index is 12.8. The van der Waals surface area contributed by atoms with Gasteiger partial charge in [-0.2, -0.15) is 0 Å². The second-order valence-corrected chi connectivity index (χ2v) is 6.78. The number of fused-ring (bicyclic) bond motifs is 1. The standard InChI is InChI=1S/C18H21N5O3/c1-11-14(12(2)23-15(20-11)10-16(24)21-23)9-17(25)22-6-3-13(4-7-22)18-19-5-8-26-18/h5,8,10,13H,3-4,6-7,9H2,1-2H3,(H,21,24). The lowest BCUT2D eigenvalue weighted by molar-refractivity contribution is -0.131. The van der Waals surface area contributed by atoms with E-state index in [9.17, 15) is 9.59 Å². The van der Waals surface area contributed by atoms with Crippen molar-refractivity contribution in [3.05, 3.63) is 51.7 Å². The Bertz CT molecular complexity index is 994. The summed E-state index contributed by atoms with van der Waals surface area (Å²) in [6.07, 6.45) is 5.24. The summed E-state index contributed by atoms with van der Waals surface area (Å²) in [6, 6.07) is 1.46. The zero-order valence-electron chi connectivity index (χ0n) is 14.9. The van der Waals surface area contributed by atoms with E-state index in [1.165, 1.54) is 6.07 Å². The van der Waals surface area contributed by atoms with Crippen LogP contribution in [0.25, 0.3) is 5.65 Å². The van der Waals surface area contributed by atoms with Crippen LogP contribution >= 0.6 is 0 Å². The molecule has 0 unspecified atom stereocenters. The van der Waals surface area contributed by atoms with E-state index in [0.29, 0.717) is 18.7 Å². The lowest BCUT2D eigenvalue weighted by Gasteiger charge is -2.31. The first-order valence-corrected chi connectivity index (χ1v) is 8.78. The molecule has 0 spiro atoms. The lowest BCUT2D eigenvalue weighted by atomic mass is 9.96. The fraction of sp³-hybridized carbons (Fsp3) is 0.444. The topological polar surface area (TPSA) is 96.5 Å². The molecule has 4 heterocycles. The number of hydrogen-bond acceptors (Lipinski definition) is 5. The quantitative estimate of drug-likeness (QED) is 0.769. The van der Waals surface area contributed by atoms with Crippen LogP contribution in [-0.2, 0) is 11.2 Å². The SMILES string of the molecule is Cc1nc2cc(=O)[nH]n2c(C)c1CC(=O)N1CCC(c2ncco2)CC1.